The van der Waals surface area contributed by atoms with E-state index in [2.05, 4.69) is 5.32 Å². The van der Waals surface area contributed by atoms with Crippen LogP contribution >= 0.6 is 0 Å². The minimum atomic E-state index is -0.239. The number of nitrogens with one attached hydrogen (secondary N) is 1. The van der Waals surface area contributed by atoms with Crippen LogP contribution < -0.4 is 11.1 Å². The molecule has 0 atom stereocenters. The third-order valence-electron chi connectivity index (χ3n) is 2.84. The lowest BCUT2D eigenvalue weighted by atomic mass is 9.96. The summed E-state index contributed by atoms with van der Waals surface area (Å²) < 4.78 is 0. The predicted octanol–water partition coefficient (Wildman–Crippen LogP) is -0.680. The molecule has 2 amide bonds. The lowest BCUT2D eigenvalue weighted by Gasteiger charge is -2.30. The fourth-order valence-corrected chi connectivity index (χ4v) is 1.80. The summed E-state index contributed by atoms with van der Waals surface area (Å²) in [4.78, 5) is 24.3. The number of nitrogens with zero attached hydrogens (tertiary/aromatic N) is 1. The predicted molar refractivity (Wildman–Crippen MR) is 57.0 cm³/mol. The molecule has 0 spiro atoms. The van der Waals surface area contributed by atoms with Crippen molar-refractivity contribution in [3.63, 3.8) is 0 Å². The number of amides is 2. The Hall–Kier alpha value is -1.10. The molecular weight excluding hydrogens is 194 g/mol. The van der Waals surface area contributed by atoms with Crippen LogP contribution in [0.2, 0.25) is 0 Å². The lowest BCUT2D eigenvalue weighted by molar-refractivity contribution is -0.134. The minimum absolute atomic E-state index is 0.0432. The summed E-state index contributed by atoms with van der Waals surface area (Å²) in [5.41, 5.74) is 5.22. The van der Waals surface area contributed by atoms with Crippen LogP contribution in [0.15, 0.2) is 0 Å². The Bertz CT molecular complexity index is 235. The van der Waals surface area contributed by atoms with Crippen LogP contribution in [0.4, 0.5) is 0 Å². The van der Waals surface area contributed by atoms with Crippen LogP contribution in [-0.4, -0.2) is 43.4 Å². The summed E-state index contributed by atoms with van der Waals surface area (Å²) in [5, 5.41) is 2.94. The van der Waals surface area contributed by atoms with Gasteiger partial charge >= 0.3 is 0 Å². The Morgan fingerprint density at radius 2 is 2.00 bits per heavy atom. The molecule has 15 heavy (non-hydrogen) atoms. The first kappa shape index (κ1) is 12.0. The van der Waals surface area contributed by atoms with E-state index in [9.17, 15) is 9.59 Å². The molecule has 1 fully saturated rings. The molecule has 1 aliphatic rings. The highest BCUT2D eigenvalue weighted by atomic mass is 16.2. The summed E-state index contributed by atoms with van der Waals surface area (Å²) in [6.07, 6.45) is 1.94. The van der Waals surface area contributed by atoms with Crippen LogP contribution in [0.1, 0.15) is 19.3 Å². The maximum Gasteiger partial charge on any atom is 0.223 e. The van der Waals surface area contributed by atoms with Crippen molar-refractivity contribution in [3.8, 4) is 0 Å². The molecule has 86 valence electrons. The Kier molecular flexibility index (Phi) is 4.55. The van der Waals surface area contributed by atoms with Crippen LogP contribution in [0.5, 0.6) is 0 Å². The third kappa shape index (κ3) is 3.51. The van der Waals surface area contributed by atoms with Crippen molar-refractivity contribution in [2.45, 2.75) is 19.3 Å². The zero-order chi connectivity index (χ0) is 11.3. The van der Waals surface area contributed by atoms with Crippen molar-refractivity contribution in [1.82, 2.24) is 10.2 Å². The normalized spacial score (nSPS) is 17.8. The average Bonchev–Trinajstić information content (AvgIpc) is 2.26. The third-order valence-corrected chi connectivity index (χ3v) is 2.84. The maximum atomic E-state index is 11.6. The van der Waals surface area contributed by atoms with Gasteiger partial charge in [-0.15, -0.1) is 0 Å². The van der Waals surface area contributed by atoms with E-state index in [0.29, 0.717) is 38.9 Å². The molecule has 0 unspecified atom stereocenters. The first-order valence-electron chi connectivity index (χ1n) is 5.37. The first-order valence-corrected chi connectivity index (χ1v) is 5.37. The molecule has 1 saturated heterocycles. The molecule has 0 aliphatic carbocycles. The Balaban J connectivity index is 2.30. The number of likely N-dealkylation sites (tertiary alicyclic amines) is 1. The van der Waals surface area contributed by atoms with Gasteiger partial charge in [-0.25, -0.2) is 0 Å². The molecule has 5 heteroatoms. The second-order valence-electron chi connectivity index (χ2n) is 3.91. The summed E-state index contributed by atoms with van der Waals surface area (Å²) >= 11 is 0. The van der Waals surface area contributed by atoms with Gasteiger partial charge in [-0.3, -0.25) is 9.59 Å². The number of nitrogens with two attached hydrogens (primary N) is 1. The molecule has 1 rings (SSSR count). The monoisotopic (exact) mass is 213 g/mol. The highest BCUT2D eigenvalue weighted by Gasteiger charge is 2.25. The quantitative estimate of drug-likeness (QED) is 0.649. The number of piperidine rings is 1. The van der Waals surface area contributed by atoms with Gasteiger partial charge < -0.3 is 16.0 Å². The largest absolute Gasteiger partial charge is 0.369 e. The van der Waals surface area contributed by atoms with Gasteiger partial charge in [0.25, 0.3) is 0 Å². The number of carbonyl (C=O) groups excluding carboxylic acids is 2. The highest BCUT2D eigenvalue weighted by Crippen LogP contribution is 2.16. The molecule has 0 aromatic rings. The van der Waals surface area contributed by atoms with E-state index in [1.165, 1.54) is 0 Å². The van der Waals surface area contributed by atoms with Gasteiger partial charge in [0.1, 0.15) is 0 Å². The van der Waals surface area contributed by atoms with Gasteiger partial charge in [-0.1, -0.05) is 0 Å². The number of primary amides is 1. The van der Waals surface area contributed by atoms with Crippen molar-refractivity contribution in [1.29, 1.82) is 0 Å². The van der Waals surface area contributed by atoms with Crippen LogP contribution in [0.25, 0.3) is 0 Å². The van der Waals surface area contributed by atoms with Crippen molar-refractivity contribution < 1.29 is 9.59 Å². The lowest BCUT2D eigenvalue weighted by Crippen LogP contribution is -2.42. The van der Waals surface area contributed by atoms with E-state index in [1.54, 1.807) is 0 Å². The van der Waals surface area contributed by atoms with E-state index in [1.807, 2.05) is 11.9 Å². The van der Waals surface area contributed by atoms with E-state index in [-0.39, 0.29) is 17.7 Å². The van der Waals surface area contributed by atoms with E-state index in [0.717, 1.165) is 0 Å². The van der Waals surface area contributed by atoms with Crippen LogP contribution in [0.3, 0.4) is 0 Å². The fraction of sp³-hybridized carbons (Fsp3) is 0.800. The molecule has 0 bridgehead atoms. The molecular formula is C10H19N3O2. The van der Waals surface area contributed by atoms with E-state index < -0.39 is 0 Å². The smallest absolute Gasteiger partial charge is 0.223 e. The zero-order valence-corrected chi connectivity index (χ0v) is 9.16. The van der Waals surface area contributed by atoms with Crippen molar-refractivity contribution in [3.05, 3.63) is 0 Å². The van der Waals surface area contributed by atoms with Crippen molar-refractivity contribution >= 4 is 11.8 Å². The van der Waals surface area contributed by atoms with Gasteiger partial charge in [0.2, 0.25) is 11.8 Å². The highest BCUT2D eigenvalue weighted by molar-refractivity contribution is 5.78. The van der Waals surface area contributed by atoms with Crippen molar-refractivity contribution in [2.75, 3.05) is 26.7 Å². The summed E-state index contributed by atoms with van der Waals surface area (Å²) in [7, 11) is 1.83. The number of hydrogen-bond donors (Lipinski definition) is 2. The summed E-state index contributed by atoms with van der Waals surface area (Å²) in [5.74, 6) is -0.122. The first-order chi connectivity index (χ1) is 7.15. The van der Waals surface area contributed by atoms with Gasteiger partial charge in [-0.2, -0.15) is 0 Å². The minimum Gasteiger partial charge on any atom is -0.369 e. The number of hydrogen-bond acceptors (Lipinski definition) is 3. The molecule has 1 heterocycles. The Morgan fingerprint density at radius 1 is 1.40 bits per heavy atom. The summed E-state index contributed by atoms with van der Waals surface area (Å²) in [6.45, 7) is 2.03. The van der Waals surface area contributed by atoms with Gasteiger partial charge in [-0.05, 0) is 19.9 Å². The van der Waals surface area contributed by atoms with Gasteiger partial charge in [0, 0.05) is 32.0 Å². The topological polar surface area (TPSA) is 75.4 Å². The van der Waals surface area contributed by atoms with Crippen molar-refractivity contribution in [2.24, 2.45) is 11.7 Å². The number of rotatable bonds is 4. The molecule has 3 N–H and O–H groups in total. The second kappa shape index (κ2) is 5.70. The number of carbonyl (C=O) groups is 2. The molecule has 0 aromatic carbocycles. The van der Waals surface area contributed by atoms with Crippen LogP contribution in [0, 0.1) is 5.92 Å². The standard InChI is InChI=1S/C10H19N3O2/c1-12-5-2-9(14)13-6-3-8(4-7-13)10(11)15/h8,12H,2-7H2,1H3,(H2,11,15). The van der Waals surface area contributed by atoms with E-state index >= 15 is 0 Å². The molecule has 0 aromatic heterocycles. The molecule has 0 saturated carbocycles. The Labute approximate surface area is 90.0 Å². The summed E-state index contributed by atoms with van der Waals surface area (Å²) in [6, 6.07) is 0. The zero-order valence-electron chi connectivity index (χ0n) is 9.16. The fourth-order valence-electron chi connectivity index (χ4n) is 1.80. The maximum absolute atomic E-state index is 11.6. The van der Waals surface area contributed by atoms with E-state index in [4.69, 9.17) is 5.73 Å². The van der Waals surface area contributed by atoms with Gasteiger partial charge in [0.15, 0.2) is 0 Å². The molecule has 5 nitrogen and oxygen atoms in total. The Morgan fingerprint density at radius 3 is 2.47 bits per heavy atom. The second-order valence-corrected chi connectivity index (χ2v) is 3.91. The average molecular weight is 213 g/mol. The molecule has 0 radical (unpaired) electrons. The van der Waals surface area contributed by atoms with Gasteiger partial charge in [0.05, 0.1) is 0 Å². The SMILES string of the molecule is CNCCC(=O)N1CCC(C(N)=O)CC1. The molecule has 1 aliphatic heterocycles. The van der Waals surface area contributed by atoms with Crippen LogP contribution in [-0.2, 0) is 9.59 Å².